The maximum absolute atomic E-state index is 8.98. The van der Waals surface area contributed by atoms with E-state index in [0.29, 0.717) is 5.92 Å². The Balaban J connectivity index is 2.73. The largest absolute Gasteiger partial charge is 0.396 e. The minimum absolute atomic E-state index is 0.223. The molecule has 0 saturated heterocycles. The summed E-state index contributed by atoms with van der Waals surface area (Å²) in [6.07, 6.45) is 0.959. The van der Waals surface area contributed by atoms with Gasteiger partial charge in [0.05, 0.1) is 0 Å². The van der Waals surface area contributed by atoms with Crippen molar-refractivity contribution in [2.24, 2.45) is 5.92 Å². The molecule has 0 spiro atoms. The highest BCUT2D eigenvalue weighted by molar-refractivity contribution is 5.27. The summed E-state index contributed by atoms with van der Waals surface area (Å²) < 4.78 is 0. The maximum atomic E-state index is 8.98. The number of hydrogen-bond donors (Lipinski definition) is 1. The molecule has 1 rings (SSSR count). The minimum atomic E-state index is 0.223. The van der Waals surface area contributed by atoms with Gasteiger partial charge >= 0.3 is 0 Å². The Morgan fingerprint density at radius 2 is 1.67 bits per heavy atom. The van der Waals surface area contributed by atoms with Crippen molar-refractivity contribution in [3.63, 3.8) is 0 Å². The quantitative estimate of drug-likeness (QED) is 0.805. The summed E-state index contributed by atoms with van der Waals surface area (Å²) in [5.41, 5.74) is 2.90. The Hall–Kier alpha value is -0.820. The van der Waals surface area contributed by atoms with Crippen LogP contribution >= 0.6 is 0 Å². The topological polar surface area (TPSA) is 20.2 Å². The van der Waals surface area contributed by atoms with E-state index in [2.05, 4.69) is 52.0 Å². The van der Waals surface area contributed by atoms with Crippen LogP contribution in [0.1, 0.15) is 38.8 Å². The van der Waals surface area contributed by atoms with Crippen LogP contribution in [0.4, 0.5) is 0 Å². The predicted molar refractivity (Wildman–Crippen MR) is 65.1 cm³/mol. The van der Waals surface area contributed by atoms with Crippen LogP contribution in [0.5, 0.6) is 0 Å². The Kier molecular flexibility index (Phi) is 3.92. The van der Waals surface area contributed by atoms with Gasteiger partial charge in [-0.05, 0) is 28.9 Å². The normalized spacial score (nSPS) is 13.9. The molecule has 0 aliphatic heterocycles. The predicted octanol–water partition coefficient (Wildman–Crippen LogP) is 3.16. The van der Waals surface area contributed by atoms with Gasteiger partial charge in [-0.1, -0.05) is 52.0 Å². The highest BCUT2D eigenvalue weighted by atomic mass is 16.3. The number of aliphatic hydroxyl groups is 1. The lowest BCUT2D eigenvalue weighted by molar-refractivity contribution is 0.237. The van der Waals surface area contributed by atoms with Crippen molar-refractivity contribution in [3.05, 3.63) is 35.4 Å². The third-order valence-electron chi connectivity index (χ3n) is 2.72. The second-order valence-electron chi connectivity index (χ2n) is 5.44. The molecule has 0 aromatic heterocycles. The average Bonchev–Trinajstić information content (AvgIpc) is 2.17. The van der Waals surface area contributed by atoms with Crippen LogP contribution in [0.25, 0.3) is 0 Å². The number of benzene rings is 1. The standard InChI is InChI=1S/C14H22O/c1-11(10-15)9-12-5-7-13(8-6-12)14(2,3)4/h5-8,11,15H,9-10H2,1-4H3/t11-/m0/s1. The van der Waals surface area contributed by atoms with Crippen LogP contribution in [-0.2, 0) is 11.8 Å². The zero-order valence-electron chi connectivity index (χ0n) is 10.2. The van der Waals surface area contributed by atoms with Crippen molar-refractivity contribution >= 4 is 0 Å². The highest BCUT2D eigenvalue weighted by Gasteiger charge is 2.13. The van der Waals surface area contributed by atoms with Crippen LogP contribution in [0, 0.1) is 5.92 Å². The van der Waals surface area contributed by atoms with Crippen molar-refractivity contribution in [2.75, 3.05) is 6.61 Å². The van der Waals surface area contributed by atoms with E-state index in [1.807, 2.05) is 0 Å². The van der Waals surface area contributed by atoms with Gasteiger partial charge in [0.15, 0.2) is 0 Å². The minimum Gasteiger partial charge on any atom is -0.396 e. The van der Waals surface area contributed by atoms with E-state index in [-0.39, 0.29) is 12.0 Å². The van der Waals surface area contributed by atoms with Crippen LogP contribution in [0.15, 0.2) is 24.3 Å². The van der Waals surface area contributed by atoms with Gasteiger partial charge in [0, 0.05) is 6.61 Å². The molecule has 0 fully saturated rings. The summed E-state index contributed by atoms with van der Waals surface area (Å²) in [6.45, 7) is 8.99. The lowest BCUT2D eigenvalue weighted by atomic mass is 9.86. The van der Waals surface area contributed by atoms with Gasteiger partial charge in [0.2, 0.25) is 0 Å². The molecule has 1 aromatic carbocycles. The molecule has 0 aliphatic rings. The van der Waals surface area contributed by atoms with Gasteiger partial charge < -0.3 is 5.11 Å². The maximum Gasteiger partial charge on any atom is 0.0459 e. The van der Waals surface area contributed by atoms with Crippen molar-refractivity contribution < 1.29 is 5.11 Å². The molecule has 0 heterocycles. The van der Waals surface area contributed by atoms with Gasteiger partial charge in [-0.15, -0.1) is 0 Å². The van der Waals surface area contributed by atoms with Gasteiger partial charge in [-0.3, -0.25) is 0 Å². The van der Waals surface area contributed by atoms with Crippen LogP contribution in [0.2, 0.25) is 0 Å². The third-order valence-corrected chi connectivity index (χ3v) is 2.72. The van der Waals surface area contributed by atoms with Gasteiger partial charge in [0.1, 0.15) is 0 Å². The summed E-state index contributed by atoms with van der Waals surface area (Å²) in [7, 11) is 0. The van der Waals surface area contributed by atoms with E-state index in [1.165, 1.54) is 11.1 Å². The Morgan fingerprint density at radius 1 is 1.13 bits per heavy atom. The first-order valence-corrected chi connectivity index (χ1v) is 5.63. The molecule has 1 atom stereocenters. The van der Waals surface area contributed by atoms with Crippen LogP contribution in [0.3, 0.4) is 0 Å². The second-order valence-corrected chi connectivity index (χ2v) is 5.44. The fourth-order valence-corrected chi connectivity index (χ4v) is 1.61. The van der Waals surface area contributed by atoms with Crippen molar-refractivity contribution in [1.82, 2.24) is 0 Å². The smallest absolute Gasteiger partial charge is 0.0459 e. The molecule has 1 N–H and O–H groups in total. The molecular weight excluding hydrogens is 184 g/mol. The lowest BCUT2D eigenvalue weighted by Gasteiger charge is -2.19. The molecule has 84 valence electrons. The van der Waals surface area contributed by atoms with E-state index in [4.69, 9.17) is 5.11 Å². The van der Waals surface area contributed by atoms with E-state index in [0.717, 1.165) is 6.42 Å². The first kappa shape index (κ1) is 12.3. The van der Waals surface area contributed by atoms with Gasteiger partial charge in [-0.2, -0.15) is 0 Å². The molecule has 0 bridgehead atoms. The first-order valence-electron chi connectivity index (χ1n) is 5.63. The Bertz CT molecular complexity index is 292. The van der Waals surface area contributed by atoms with Crippen LogP contribution < -0.4 is 0 Å². The molecule has 0 amide bonds. The number of aliphatic hydroxyl groups excluding tert-OH is 1. The van der Waals surface area contributed by atoms with E-state index in [1.54, 1.807) is 0 Å². The summed E-state index contributed by atoms with van der Waals surface area (Å²) in [6, 6.07) is 8.73. The molecule has 1 aromatic rings. The van der Waals surface area contributed by atoms with Crippen molar-refractivity contribution in [1.29, 1.82) is 0 Å². The Morgan fingerprint density at radius 3 is 2.07 bits per heavy atom. The summed E-state index contributed by atoms with van der Waals surface area (Å²) in [4.78, 5) is 0. The molecule has 15 heavy (non-hydrogen) atoms. The average molecular weight is 206 g/mol. The molecule has 0 unspecified atom stereocenters. The second kappa shape index (κ2) is 4.80. The molecule has 1 nitrogen and oxygen atoms in total. The van der Waals surface area contributed by atoms with Crippen LogP contribution in [-0.4, -0.2) is 11.7 Å². The summed E-state index contributed by atoms with van der Waals surface area (Å²) in [5.74, 6) is 0.352. The van der Waals surface area contributed by atoms with Crippen molar-refractivity contribution in [3.8, 4) is 0 Å². The monoisotopic (exact) mass is 206 g/mol. The zero-order chi connectivity index (χ0) is 11.5. The Labute approximate surface area is 93.1 Å². The van der Waals surface area contributed by atoms with Gasteiger partial charge in [-0.25, -0.2) is 0 Å². The lowest BCUT2D eigenvalue weighted by Crippen LogP contribution is -2.11. The first-order chi connectivity index (χ1) is 6.93. The molecule has 0 radical (unpaired) electrons. The number of rotatable bonds is 3. The summed E-state index contributed by atoms with van der Waals surface area (Å²) >= 11 is 0. The highest BCUT2D eigenvalue weighted by Crippen LogP contribution is 2.22. The van der Waals surface area contributed by atoms with E-state index >= 15 is 0 Å². The van der Waals surface area contributed by atoms with E-state index in [9.17, 15) is 0 Å². The van der Waals surface area contributed by atoms with Crippen molar-refractivity contribution in [2.45, 2.75) is 39.5 Å². The molecular formula is C14H22O. The number of hydrogen-bond acceptors (Lipinski definition) is 1. The zero-order valence-corrected chi connectivity index (χ0v) is 10.2. The SMILES string of the molecule is C[C@H](CO)Cc1ccc(C(C)(C)C)cc1. The van der Waals surface area contributed by atoms with E-state index < -0.39 is 0 Å². The molecule has 0 saturated carbocycles. The van der Waals surface area contributed by atoms with Gasteiger partial charge in [0.25, 0.3) is 0 Å². The summed E-state index contributed by atoms with van der Waals surface area (Å²) in [5, 5.41) is 8.98. The fourth-order valence-electron chi connectivity index (χ4n) is 1.61. The fraction of sp³-hybridized carbons (Fsp3) is 0.571. The third kappa shape index (κ3) is 3.67. The molecule has 1 heteroatoms. The molecule has 0 aliphatic carbocycles.